The van der Waals surface area contributed by atoms with Gasteiger partial charge in [0.2, 0.25) is 0 Å². The van der Waals surface area contributed by atoms with Crippen LogP contribution in [0.2, 0.25) is 0 Å². The maximum absolute atomic E-state index is 9.04. The Morgan fingerprint density at radius 1 is 1.22 bits per heavy atom. The molecule has 0 radical (unpaired) electrons. The van der Waals surface area contributed by atoms with Crippen LogP contribution in [0.1, 0.15) is 12.5 Å². The van der Waals surface area contributed by atoms with Gasteiger partial charge in [-0.3, -0.25) is 0 Å². The highest BCUT2D eigenvalue weighted by atomic mass is 16.3. The van der Waals surface area contributed by atoms with Gasteiger partial charge in [0.15, 0.2) is 0 Å². The van der Waals surface area contributed by atoms with Crippen LogP contribution < -0.4 is 4.90 Å². The average molecular weight is 241 g/mol. The fraction of sp³-hybridized carbons (Fsp3) is 0.286. The molecule has 92 valence electrons. The minimum atomic E-state index is 0.0924. The molecular weight excluding hydrogens is 226 g/mol. The van der Waals surface area contributed by atoms with Gasteiger partial charge in [0.1, 0.15) is 6.07 Å². The summed E-state index contributed by atoms with van der Waals surface area (Å²) in [6, 6.07) is 11.4. The normalized spacial score (nSPS) is 11.2. The zero-order chi connectivity index (χ0) is 13.5. The van der Waals surface area contributed by atoms with Crippen LogP contribution in [0.15, 0.2) is 29.8 Å². The van der Waals surface area contributed by atoms with E-state index in [1.54, 1.807) is 6.92 Å². The van der Waals surface area contributed by atoms with Gasteiger partial charge in [-0.1, -0.05) is 12.1 Å². The average Bonchev–Trinajstić information content (AvgIpc) is 2.40. The lowest BCUT2D eigenvalue weighted by molar-refractivity contribution is 0.304. The van der Waals surface area contributed by atoms with E-state index >= 15 is 0 Å². The number of likely N-dealkylation sites (N-methyl/N-ethyl adjacent to an activating group) is 1. The molecule has 0 aliphatic heterocycles. The van der Waals surface area contributed by atoms with Crippen LogP contribution in [0.25, 0.3) is 5.57 Å². The number of rotatable bonds is 4. The number of aliphatic hydroxyl groups is 1. The summed E-state index contributed by atoms with van der Waals surface area (Å²) in [5.74, 6) is 0. The van der Waals surface area contributed by atoms with E-state index in [4.69, 9.17) is 15.6 Å². The number of hydrogen-bond donors (Lipinski definition) is 1. The Kier molecular flexibility index (Phi) is 4.92. The summed E-state index contributed by atoms with van der Waals surface area (Å²) in [5, 5.41) is 26.7. The highest BCUT2D eigenvalue weighted by molar-refractivity contribution is 5.81. The van der Waals surface area contributed by atoms with Crippen molar-refractivity contribution in [2.24, 2.45) is 0 Å². The topological polar surface area (TPSA) is 71.0 Å². The smallest absolute Gasteiger partial charge is 0.101 e. The van der Waals surface area contributed by atoms with Crippen molar-refractivity contribution in [3.8, 4) is 12.1 Å². The van der Waals surface area contributed by atoms with Gasteiger partial charge in [-0.2, -0.15) is 10.5 Å². The monoisotopic (exact) mass is 241 g/mol. The molecule has 4 heteroatoms. The fourth-order valence-corrected chi connectivity index (χ4v) is 1.58. The van der Waals surface area contributed by atoms with Gasteiger partial charge < -0.3 is 10.0 Å². The Morgan fingerprint density at radius 2 is 1.83 bits per heavy atom. The summed E-state index contributed by atoms with van der Waals surface area (Å²) in [4.78, 5) is 1.91. The number of nitriles is 2. The van der Waals surface area contributed by atoms with Crippen LogP contribution >= 0.6 is 0 Å². The quantitative estimate of drug-likeness (QED) is 0.818. The van der Waals surface area contributed by atoms with E-state index in [9.17, 15) is 0 Å². The lowest BCUT2D eigenvalue weighted by atomic mass is 10.0. The van der Waals surface area contributed by atoms with Crippen molar-refractivity contribution in [2.45, 2.75) is 6.92 Å². The fourth-order valence-electron chi connectivity index (χ4n) is 1.58. The first-order valence-electron chi connectivity index (χ1n) is 5.57. The molecule has 0 aliphatic carbocycles. The Hall–Kier alpha value is -2.30. The van der Waals surface area contributed by atoms with E-state index in [0.29, 0.717) is 17.7 Å². The third-order valence-corrected chi connectivity index (χ3v) is 2.69. The predicted molar refractivity (Wildman–Crippen MR) is 70.6 cm³/mol. The van der Waals surface area contributed by atoms with Crippen molar-refractivity contribution in [1.29, 1.82) is 10.5 Å². The molecule has 0 saturated carbocycles. The second-order valence-corrected chi connectivity index (χ2v) is 3.92. The van der Waals surface area contributed by atoms with Crippen molar-refractivity contribution in [1.82, 2.24) is 0 Å². The van der Waals surface area contributed by atoms with Crippen LogP contribution in [-0.4, -0.2) is 25.3 Å². The highest BCUT2D eigenvalue weighted by Gasteiger charge is 2.06. The van der Waals surface area contributed by atoms with Crippen LogP contribution in [0, 0.1) is 22.7 Å². The van der Waals surface area contributed by atoms with Crippen LogP contribution in [0.5, 0.6) is 0 Å². The molecule has 0 atom stereocenters. The second-order valence-electron chi connectivity index (χ2n) is 3.92. The molecule has 0 spiro atoms. The van der Waals surface area contributed by atoms with Gasteiger partial charge in [-0.25, -0.2) is 0 Å². The Balaban J connectivity index is 3.04. The molecule has 0 aromatic heterocycles. The van der Waals surface area contributed by atoms with Crippen molar-refractivity contribution in [3.63, 3.8) is 0 Å². The molecule has 1 rings (SSSR count). The minimum Gasteiger partial charge on any atom is -0.395 e. The van der Waals surface area contributed by atoms with E-state index in [0.717, 1.165) is 11.3 Å². The molecule has 0 aliphatic rings. The first kappa shape index (κ1) is 13.8. The summed E-state index contributed by atoms with van der Waals surface area (Å²) in [6.07, 6.45) is 0. The van der Waals surface area contributed by atoms with E-state index in [1.165, 1.54) is 0 Å². The van der Waals surface area contributed by atoms with Crippen molar-refractivity contribution in [2.75, 3.05) is 25.1 Å². The molecule has 1 N–H and O–H groups in total. The van der Waals surface area contributed by atoms with E-state index < -0.39 is 0 Å². The molecule has 1 aromatic carbocycles. The number of hydrogen-bond acceptors (Lipinski definition) is 4. The minimum absolute atomic E-state index is 0.0924. The molecule has 18 heavy (non-hydrogen) atoms. The molecule has 1 aromatic rings. The van der Waals surface area contributed by atoms with Gasteiger partial charge in [0.05, 0.1) is 18.2 Å². The first-order chi connectivity index (χ1) is 8.63. The Labute approximate surface area is 107 Å². The second kappa shape index (κ2) is 6.44. The van der Waals surface area contributed by atoms with Gasteiger partial charge in [0.25, 0.3) is 0 Å². The summed E-state index contributed by atoms with van der Waals surface area (Å²) in [6.45, 7) is 2.27. The largest absolute Gasteiger partial charge is 0.395 e. The number of nitrogens with zero attached hydrogens (tertiary/aromatic N) is 3. The van der Waals surface area contributed by atoms with Gasteiger partial charge in [0, 0.05) is 24.9 Å². The van der Waals surface area contributed by atoms with Crippen LogP contribution in [-0.2, 0) is 0 Å². The highest BCUT2D eigenvalue weighted by Crippen LogP contribution is 2.21. The molecule has 0 bridgehead atoms. The molecule has 0 heterocycles. The Morgan fingerprint density at radius 3 is 2.28 bits per heavy atom. The summed E-state index contributed by atoms with van der Waals surface area (Å²) < 4.78 is 0. The zero-order valence-electron chi connectivity index (χ0n) is 10.5. The maximum Gasteiger partial charge on any atom is 0.101 e. The van der Waals surface area contributed by atoms with Crippen LogP contribution in [0.3, 0.4) is 0 Å². The Bertz CT molecular complexity index is 517. The number of aliphatic hydroxyl groups excluding tert-OH is 1. The van der Waals surface area contributed by atoms with Crippen molar-refractivity contribution in [3.05, 3.63) is 35.4 Å². The van der Waals surface area contributed by atoms with Crippen molar-refractivity contribution >= 4 is 11.3 Å². The van der Waals surface area contributed by atoms with Gasteiger partial charge >= 0.3 is 0 Å². The molecule has 4 nitrogen and oxygen atoms in total. The molecule has 0 amide bonds. The van der Waals surface area contributed by atoms with Gasteiger partial charge in [-0.15, -0.1) is 0 Å². The lowest BCUT2D eigenvalue weighted by Crippen LogP contribution is -2.20. The number of benzene rings is 1. The standard InChI is InChI=1S/C14H15N3O/c1-11(9-15)14(10-16)12-3-5-13(6-4-12)17(2)7-8-18/h3-6,18H,7-8H2,1-2H3/b14-11-. The van der Waals surface area contributed by atoms with Crippen molar-refractivity contribution < 1.29 is 5.11 Å². The molecular formula is C14H15N3O. The van der Waals surface area contributed by atoms with Gasteiger partial charge in [-0.05, 0) is 24.6 Å². The summed E-state index contributed by atoms with van der Waals surface area (Å²) in [5.41, 5.74) is 2.50. The van der Waals surface area contributed by atoms with Crippen LogP contribution in [0.4, 0.5) is 5.69 Å². The lowest BCUT2D eigenvalue weighted by Gasteiger charge is -2.18. The molecule has 0 fully saturated rings. The molecule has 0 saturated heterocycles. The summed E-state index contributed by atoms with van der Waals surface area (Å²) >= 11 is 0. The maximum atomic E-state index is 9.04. The third kappa shape index (κ3) is 3.10. The van der Waals surface area contributed by atoms with E-state index in [2.05, 4.69) is 0 Å². The van der Waals surface area contributed by atoms with E-state index in [1.807, 2.05) is 48.4 Å². The predicted octanol–water partition coefficient (Wildman–Crippen LogP) is 1.94. The number of allylic oxidation sites excluding steroid dienone is 2. The van der Waals surface area contributed by atoms with E-state index in [-0.39, 0.29) is 6.61 Å². The number of anilines is 1. The zero-order valence-corrected chi connectivity index (χ0v) is 10.5. The molecule has 0 unspecified atom stereocenters. The first-order valence-corrected chi connectivity index (χ1v) is 5.57. The summed E-state index contributed by atoms with van der Waals surface area (Å²) in [7, 11) is 1.88. The SMILES string of the molecule is C/C(C#N)=C(\C#N)c1ccc(N(C)CCO)cc1. The third-order valence-electron chi connectivity index (χ3n) is 2.69.